The number of nitrogens with one attached hydrogen (secondary N) is 2. The summed E-state index contributed by atoms with van der Waals surface area (Å²) in [6, 6.07) is 10.9. The fraction of sp³-hybridized carbons (Fsp3) is 0.143. The van der Waals surface area contributed by atoms with Gasteiger partial charge in [-0.2, -0.15) is 5.10 Å². The van der Waals surface area contributed by atoms with Crippen molar-refractivity contribution in [1.82, 2.24) is 5.43 Å². The molecule has 9 heteroatoms. The summed E-state index contributed by atoms with van der Waals surface area (Å²) in [4.78, 5) is 35.1. The molecular weight excluding hydrogens is 390 g/mol. The van der Waals surface area contributed by atoms with Crippen molar-refractivity contribution in [1.29, 1.82) is 0 Å². The van der Waals surface area contributed by atoms with E-state index in [1.165, 1.54) is 18.3 Å². The molecule has 0 aliphatic rings. The van der Waals surface area contributed by atoms with Crippen LogP contribution in [0.1, 0.15) is 22.8 Å². The molecule has 2 amide bonds. The van der Waals surface area contributed by atoms with Gasteiger partial charge in [-0.25, -0.2) is 10.2 Å². The monoisotopic (exact) mass is 411 g/mol. The first-order valence-electron chi connectivity index (χ1n) is 8.93. The molecule has 156 valence electrons. The second-order valence-electron chi connectivity index (χ2n) is 5.77. The largest absolute Gasteiger partial charge is 0.493 e. The molecule has 0 atom stereocenters. The van der Waals surface area contributed by atoms with E-state index in [1.54, 1.807) is 43.3 Å². The second kappa shape index (κ2) is 11.0. The molecule has 2 rings (SSSR count). The van der Waals surface area contributed by atoms with Crippen molar-refractivity contribution >= 4 is 29.7 Å². The third kappa shape index (κ3) is 6.48. The summed E-state index contributed by atoms with van der Waals surface area (Å²) in [7, 11) is 0. The summed E-state index contributed by atoms with van der Waals surface area (Å²) in [6.07, 6.45) is 2.83. The molecule has 0 spiro atoms. The predicted octanol–water partition coefficient (Wildman–Crippen LogP) is 2.44. The number of ether oxygens (including phenoxy) is 2. The quantitative estimate of drug-likeness (QED) is 0.252. The number of carboxylic acids is 1. The minimum atomic E-state index is -1.15. The smallest absolute Gasteiger partial charge is 0.339 e. The van der Waals surface area contributed by atoms with Gasteiger partial charge in [0.05, 0.1) is 12.8 Å². The summed E-state index contributed by atoms with van der Waals surface area (Å²) in [5, 5.41) is 15.3. The van der Waals surface area contributed by atoms with E-state index in [0.29, 0.717) is 30.2 Å². The molecule has 2 aromatic rings. The SMILES string of the molecule is C=CCOc1ccc(NC(=O)C(=O)N/N=C\c2ccc(OCC)c(C(=O)O)c2)cc1. The summed E-state index contributed by atoms with van der Waals surface area (Å²) in [5.41, 5.74) is 2.86. The third-order valence-corrected chi connectivity index (χ3v) is 3.60. The molecule has 3 N–H and O–H groups in total. The molecule has 0 heterocycles. The van der Waals surface area contributed by atoms with E-state index >= 15 is 0 Å². The molecule has 0 saturated carbocycles. The van der Waals surface area contributed by atoms with Gasteiger partial charge in [-0.15, -0.1) is 0 Å². The van der Waals surface area contributed by atoms with Gasteiger partial charge in [-0.05, 0) is 55.0 Å². The van der Waals surface area contributed by atoms with Gasteiger partial charge in [-0.1, -0.05) is 12.7 Å². The van der Waals surface area contributed by atoms with Crippen LogP contribution >= 0.6 is 0 Å². The van der Waals surface area contributed by atoms with Gasteiger partial charge in [0.25, 0.3) is 0 Å². The summed E-state index contributed by atoms with van der Waals surface area (Å²) in [5.74, 6) is -2.23. The van der Waals surface area contributed by atoms with Crippen LogP contribution in [0.25, 0.3) is 0 Å². The standard InChI is InChI=1S/C21H21N3O6/c1-3-11-30-16-8-6-15(7-9-16)23-19(25)20(26)24-22-13-14-5-10-18(29-4-2)17(12-14)21(27)28/h3,5-10,12-13H,1,4,11H2,2H3,(H,23,25)(H,24,26)(H,27,28)/b22-13-. The van der Waals surface area contributed by atoms with Gasteiger partial charge in [0, 0.05) is 5.69 Å². The van der Waals surface area contributed by atoms with Crippen LogP contribution in [0.5, 0.6) is 11.5 Å². The molecule has 0 fully saturated rings. The number of hydrazone groups is 1. The van der Waals surface area contributed by atoms with Gasteiger partial charge in [0.1, 0.15) is 23.7 Å². The molecule has 0 aliphatic heterocycles. The number of hydrogen-bond donors (Lipinski definition) is 3. The van der Waals surface area contributed by atoms with Crippen molar-refractivity contribution in [2.75, 3.05) is 18.5 Å². The third-order valence-electron chi connectivity index (χ3n) is 3.60. The molecule has 0 unspecified atom stereocenters. The molecule has 0 aliphatic carbocycles. The Morgan fingerprint density at radius 2 is 1.83 bits per heavy atom. The first-order chi connectivity index (χ1) is 14.4. The number of hydrogen-bond acceptors (Lipinski definition) is 6. The fourth-order valence-corrected chi connectivity index (χ4v) is 2.27. The Morgan fingerprint density at radius 1 is 1.10 bits per heavy atom. The van der Waals surface area contributed by atoms with Crippen molar-refractivity contribution in [3.8, 4) is 11.5 Å². The average Bonchev–Trinajstić information content (AvgIpc) is 2.74. The van der Waals surface area contributed by atoms with Gasteiger partial charge in [0.2, 0.25) is 0 Å². The lowest BCUT2D eigenvalue weighted by atomic mass is 10.1. The number of nitrogens with zero attached hydrogens (tertiary/aromatic N) is 1. The maximum atomic E-state index is 11.9. The Kier molecular flexibility index (Phi) is 8.13. The van der Waals surface area contributed by atoms with Crippen LogP contribution in [0.3, 0.4) is 0 Å². The van der Waals surface area contributed by atoms with E-state index in [0.717, 1.165) is 0 Å². The Bertz CT molecular complexity index is 954. The zero-order valence-electron chi connectivity index (χ0n) is 16.3. The van der Waals surface area contributed by atoms with E-state index in [-0.39, 0.29) is 11.3 Å². The average molecular weight is 411 g/mol. The molecule has 2 aromatic carbocycles. The van der Waals surface area contributed by atoms with E-state index in [4.69, 9.17) is 9.47 Å². The fourth-order valence-electron chi connectivity index (χ4n) is 2.27. The number of rotatable bonds is 9. The van der Waals surface area contributed by atoms with Crippen molar-refractivity contribution < 1.29 is 29.0 Å². The molecule has 9 nitrogen and oxygen atoms in total. The lowest BCUT2D eigenvalue weighted by molar-refractivity contribution is -0.136. The van der Waals surface area contributed by atoms with Crippen LogP contribution in [0.15, 0.2) is 60.2 Å². The second-order valence-corrected chi connectivity index (χ2v) is 5.77. The molecule has 30 heavy (non-hydrogen) atoms. The van der Waals surface area contributed by atoms with Crippen LogP contribution in [0, 0.1) is 0 Å². The number of amides is 2. The normalized spacial score (nSPS) is 10.3. The minimum absolute atomic E-state index is 0.0367. The molecule has 0 saturated heterocycles. The highest BCUT2D eigenvalue weighted by Crippen LogP contribution is 2.19. The van der Waals surface area contributed by atoms with Crippen molar-refractivity contribution in [2.24, 2.45) is 5.10 Å². The zero-order valence-corrected chi connectivity index (χ0v) is 16.3. The topological polar surface area (TPSA) is 126 Å². The van der Waals surface area contributed by atoms with Gasteiger partial charge in [0.15, 0.2) is 0 Å². The minimum Gasteiger partial charge on any atom is -0.493 e. The highest BCUT2D eigenvalue weighted by Gasteiger charge is 2.14. The molecule has 0 bridgehead atoms. The van der Waals surface area contributed by atoms with Crippen LogP contribution in [-0.2, 0) is 9.59 Å². The van der Waals surface area contributed by atoms with Crippen LogP contribution in [-0.4, -0.2) is 42.3 Å². The molecule has 0 aromatic heterocycles. The van der Waals surface area contributed by atoms with Crippen molar-refractivity contribution in [3.05, 3.63) is 66.2 Å². The number of carbonyl (C=O) groups excluding carboxylic acids is 2. The van der Waals surface area contributed by atoms with Gasteiger partial charge in [-0.3, -0.25) is 9.59 Å². The van der Waals surface area contributed by atoms with E-state index in [9.17, 15) is 19.5 Å². The number of carbonyl (C=O) groups is 3. The van der Waals surface area contributed by atoms with E-state index in [2.05, 4.69) is 22.4 Å². The number of benzene rings is 2. The lowest BCUT2D eigenvalue weighted by Crippen LogP contribution is -2.32. The highest BCUT2D eigenvalue weighted by atomic mass is 16.5. The maximum Gasteiger partial charge on any atom is 0.339 e. The number of carboxylic acid groups (broad SMARTS) is 1. The molecular formula is C21H21N3O6. The Hall–Kier alpha value is -4.14. The van der Waals surface area contributed by atoms with E-state index < -0.39 is 17.8 Å². The van der Waals surface area contributed by atoms with Crippen LogP contribution < -0.4 is 20.2 Å². The Labute approximate surface area is 173 Å². The van der Waals surface area contributed by atoms with Crippen LogP contribution in [0.4, 0.5) is 5.69 Å². The zero-order chi connectivity index (χ0) is 21.9. The van der Waals surface area contributed by atoms with Crippen molar-refractivity contribution in [2.45, 2.75) is 6.92 Å². The lowest BCUT2D eigenvalue weighted by Gasteiger charge is -2.07. The van der Waals surface area contributed by atoms with Gasteiger partial charge >= 0.3 is 17.8 Å². The van der Waals surface area contributed by atoms with E-state index in [1.807, 2.05) is 0 Å². The predicted molar refractivity (Wildman–Crippen MR) is 111 cm³/mol. The number of anilines is 1. The summed E-state index contributed by atoms with van der Waals surface area (Å²) < 4.78 is 10.6. The molecule has 0 radical (unpaired) electrons. The first kappa shape index (κ1) is 22.2. The van der Waals surface area contributed by atoms with Crippen LogP contribution in [0.2, 0.25) is 0 Å². The Balaban J connectivity index is 1.93. The maximum absolute atomic E-state index is 11.9. The number of aromatic carboxylic acids is 1. The Morgan fingerprint density at radius 3 is 2.47 bits per heavy atom. The highest BCUT2D eigenvalue weighted by molar-refractivity contribution is 6.39. The summed E-state index contributed by atoms with van der Waals surface area (Å²) in [6.45, 7) is 5.97. The summed E-state index contributed by atoms with van der Waals surface area (Å²) >= 11 is 0. The first-order valence-corrected chi connectivity index (χ1v) is 8.93. The van der Waals surface area contributed by atoms with Crippen molar-refractivity contribution in [3.63, 3.8) is 0 Å². The van der Waals surface area contributed by atoms with Gasteiger partial charge < -0.3 is 19.9 Å².